The zero-order valence-electron chi connectivity index (χ0n) is 19.0. The predicted octanol–water partition coefficient (Wildman–Crippen LogP) is 5.73. The van der Waals surface area contributed by atoms with Crippen molar-refractivity contribution in [1.29, 1.82) is 0 Å². The predicted molar refractivity (Wildman–Crippen MR) is 126 cm³/mol. The molecule has 2 atom stereocenters. The van der Waals surface area contributed by atoms with Crippen molar-refractivity contribution in [3.05, 3.63) is 64.3 Å². The summed E-state index contributed by atoms with van der Waals surface area (Å²) in [5.41, 5.74) is 1.29. The van der Waals surface area contributed by atoms with Crippen LogP contribution in [0.2, 0.25) is 0 Å². The van der Waals surface area contributed by atoms with E-state index in [-0.39, 0.29) is 16.6 Å². The molecular formula is C26H31NO4. The molecular weight excluding hydrogens is 390 g/mol. The molecule has 0 saturated carbocycles. The van der Waals surface area contributed by atoms with E-state index in [1.165, 1.54) is 0 Å². The van der Waals surface area contributed by atoms with E-state index in [9.17, 15) is 14.7 Å². The topological polar surface area (TPSA) is 79.4 Å². The first-order valence-electron chi connectivity index (χ1n) is 10.7. The van der Waals surface area contributed by atoms with Crippen molar-refractivity contribution < 1.29 is 14.6 Å². The molecule has 164 valence electrons. The number of benzene rings is 2. The second-order valence-electron chi connectivity index (χ2n) is 8.98. The Labute approximate surface area is 182 Å². The van der Waals surface area contributed by atoms with Gasteiger partial charge >= 0.3 is 5.97 Å². The second-order valence-corrected chi connectivity index (χ2v) is 8.98. The number of hydrogen-bond acceptors (Lipinski definition) is 4. The molecule has 0 bridgehead atoms. The molecule has 0 aliphatic carbocycles. The third-order valence-electron chi connectivity index (χ3n) is 6.46. The van der Waals surface area contributed by atoms with Crippen molar-refractivity contribution in [1.82, 2.24) is 4.98 Å². The van der Waals surface area contributed by atoms with Gasteiger partial charge in [0.25, 0.3) is 0 Å². The molecule has 0 spiro atoms. The normalized spacial score (nSPS) is 15.4. The van der Waals surface area contributed by atoms with Crippen molar-refractivity contribution in [2.24, 2.45) is 0 Å². The molecule has 0 fully saturated rings. The molecule has 2 unspecified atom stereocenters. The Morgan fingerprint density at radius 3 is 2.42 bits per heavy atom. The number of hydrogen-bond donors (Lipinski definition) is 2. The van der Waals surface area contributed by atoms with E-state index in [0.29, 0.717) is 29.3 Å². The fraction of sp³-hybridized carbons (Fsp3) is 0.385. The van der Waals surface area contributed by atoms with Crippen LogP contribution in [-0.4, -0.2) is 21.7 Å². The number of ether oxygens (including phenoxy) is 1. The maximum absolute atomic E-state index is 13.0. The van der Waals surface area contributed by atoms with Crippen LogP contribution in [0, 0.1) is 0 Å². The highest BCUT2D eigenvalue weighted by Gasteiger charge is 2.38. The number of aromatic nitrogens is 1. The van der Waals surface area contributed by atoms with Gasteiger partial charge in [0.15, 0.2) is 0 Å². The van der Waals surface area contributed by atoms with Gasteiger partial charge in [0, 0.05) is 16.5 Å². The lowest BCUT2D eigenvalue weighted by Gasteiger charge is -2.39. The minimum Gasteiger partial charge on any atom is -0.507 e. The highest BCUT2D eigenvalue weighted by Crippen LogP contribution is 2.41. The molecule has 0 aliphatic rings. The quantitative estimate of drug-likeness (QED) is 0.290. The van der Waals surface area contributed by atoms with Crippen LogP contribution in [0.1, 0.15) is 59.4 Å². The number of H-pyrrole nitrogens is 1. The Bertz CT molecular complexity index is 1230. The number of nitrogens with one attached hydrogen (secondary N) is 1. The Morgan fingerprint density at radius 1 is 1.13 bits per heavy atom. The molecule has 3 aromatic rings. The molecule has 1 aromatic heterocycles. The summed E-state index contributed by atoms with van der Waals surface area (Å²) in [7, 11) is 0. The van der Waals surface area contributed by atoms with Gasteiger partial charge in [-0.2, -0.15) is 0 Å². The van der Waals surface area contributed by atoms with Crippen LogP contribution >= 0.6 is 0 Å². The van der Waals surface area contributed by atoms with Crippen LogP contribution in [0.25, 0.3) is 21.8 Å². The van der Waals surface area contributed by atoms with E-state index >= 15 is 0 Å². The van der Waals surface area contributed by atoms with Gasteiger partial charge in [0.2, 0.25) is 5.43 Å². The van der Waals surface area contributed by atoms with Crippen molar-refractivity contribution in [2.75, 3.05) is 0 Å². The molecule has 31 heavy (non-hydrogen) atoms. The molecule has 3 rings (SSSR count). The van der Waals surface area contributed by atoms with Gasteiger partial charge in [-0.25, -0.2) is 4.79 Å². The lowest BCUT2D eigenvalue weighted by atomic mass is 9.71. The maximum atomic E-state index is 13.0. The SMILES string of the molecule is C=C(C)C(=O)OC(C)(CC)CC(C)(CC)c1cc(O)c2c(=O)c3ccccc3[nH]c2c1. The van der Waals surface area contributed by atoms with Crippen molar-refractivity contribution in [2.45, 2.75) is 64.9 Å². The zero-order chi connectivity index (χ0) is 23.0. The summed E-state index contributed by atoms with van der Waals surface area (Å²) < 4.78 is 5.80. The summed E-state index contributed by atoms with van der Waals surface area (Å²) in [6, 6.07) is 10.9. The Hall–Kier alpha value is -3.08. The molecule has 0 amide bonds. The average molecular weight is 422 g/mol. The lowest BCUT2D eigenvalue weighted by molar-refractivity contribution is -0.155. The van der Waals surface area contributed by atoms with Crippen LogP contribution in [0.3, 0.4) is 0 Å². The Morgan fingerprint density at radius 2 is 1.81 bits per heavy atom. The monoisotopic (exact) mass is 421 g/mol. The van der Waals surface area contributed by atoms with E-state index < -0.39 is 17.0 Å². The first-order valence-corrected chi connectivity index (χ1v) is 10.7. The van der Waals surface area contributed by atoms with Gasteiger partial charge in [-0.05, 0) is 68.4 Å². The summed E-state index contributed by atoms with van der Waals surface area (Å²) in [6.07, 6.45) is 1.97. The average Bonchev–Trinajstić information content (AvgIpc) is 2.73. The van der Waals surface area contributed by atoms with E-state index in [4.69, 9.17) is 4.74 Å². The number of esters is 1. The fourth-order valence-corrected chi connectivity index (χ4v) is 4.18. The number of pyridine rings is 1. The minimum atomic E-state index is -0.692. The fourth-order valence-electron chi connectivity index (χ4n) is 4.18. The number of carbonyl (C=O) groups excluding carboxylic acids is 1. The molecule has 5 heteroatoms. The number of phenolic OH excluding ortho intramolecular Hbond substituents is 1. The number of phenols is 1. The van der Waals surface area contributed by atoms with Gasteiger partial charge < -0.3 is 14.8 Å². The summed E-state index contributed by atoms with van der Waals surface area (Å²) >= 11 is 0. The molecule has 0 saturated heterocycles. The third kappa shape index (κ3) is 4.22. The van der Waals surface area contributed by atoms with Gasteiger partial charge in [-0.3, -0.25) is 4.79 Å². The Kier molecular flexibility index (Phi) is 5.99. The zero-order valence-corrected chi connectivity index (χ0v) is 19.0. The smallest absolute Gasteiger partial charge is 0.333 e. The van der Waals surface area contributed by atoms with E-state index in [1.807, 2.05) is 32.0 Å². The summed E-state index contributed by atoms with van der Waals surface area (Å²) in [6.45, 7) is 13.4. The third-order valence-corrected chi connectivity index (χ3v) is 6.46. The number of aromatic hydroxyl groups is 1. The molecule has 5 nitrogen and oxygen atoms in total. The molecule has 1 heterocycles. The number of para-hydroxylation sites is 1. The largest absolute Gasteiger partial charge is 0.507 e. The number of rotatable bonds is 7. The Balaban J connectivity index is 2.12. The number of fused-ring (bicyclic) bond motifs is 2. The van der Waals surface area contributed by atoms with Crippen LogP contribution in [0.15, 0.2) is 53.3 Å². The van der Waals surface area contributed by atoms with Crippen LogP contribution in [0.5, 0.6) is 5.75 Å². The first kappa shape index (κ1) is 22.6. The summed E-state index contributed by atoms with van der Waals surface area (Å²) in [4.78, 5) is 28.5. The highest BCUT2D eigenvalue weighted by molar-refractivity contribution is 5.96. The molecule has 0 radical (unpaired) electrons. The number of aromatic amines is 1. The second kappa shape index (κ2) is 8.22. The van der Waals surface area contributed by atoms with Gasteiger partial charge in [-0.1, -0.05) is 39.5 Å². The van der Waals surface area contributed by atoms with Crippen molar-refractivity contribution in [3.8, 4) is 5.75 Å². The molecule has 2 N–H and O–H groups in total. The van der Waals surface area contributed by atoms with Crippen LogP contribution in [0.4, 0.5) is 0 Å². The van der Waals surface area contributed by atoms with Gasteiger partial charge in [0.1, 0.15) is 11.4 Å². The molecule has 0 aliphatic heterocycles. The summed E-state index contributed by atoms with van der Waals surface area (Å²) in [5, 5.41) is 11.6. The van der Waals surface area contributed by atoms with Crippen LogP contribution in [-0.2, 0) is 14.9 Å². The van der Waals surface area contributed by atoms with E-state index in [0.717, 1.165) is 17.5 Å². The highest BCUT2D eigenvalue weighted by atomic mass is 16.6. The van der Waals surface area contributed by atoms with Gasteiger partial charge in [-0.15, -0.1) is 0 Å². The van der Waals surface area contributed by atoms with Crippen molar-refractivity contribution in [3.63, 3.8) is 0 Å². The van der Waals surface area contributed by atoms with Crippen LogP contribution < -0.4 is 5.43 Å². The number of carbonyl (C=O) groups is 1. The standard InChI is InChI=1S/C26H31NO4/c1-7-25(5,15-26(6,8-2)31-24(30)16(3)4)17-13-20-22(21(28)14-17)23(29)18-11-9-10-12-19(18)27-20/h9-14,28H,3,7-8,15H2,1-2,4-6H3,(H,27,29). The van der Waals surface area contributed by atoms with E-state index in [1.54, 1.807) is 25.1 Å². The summed E-state index contributed by atoms with van der Waals surface area (Å²) in [5.74, 6) is -0.448. The molecule has 2 aromatic carbocycles. The maximum Gasteiger partial charge on any atom is 0.333 e. The van der Waals surface area contributed by atoms with Crippen molar-refractivity contribution >= 4 is 27.8 Å². The lowest BCUT2D eigenvalue weighted by Crippen LogP contribution is -2.39. The van der Waals surface area contributed by atoms with E-state index in [2.05, 4.69) is 25.4 Å². The van der Waals surface area contributed by atoms with Gasteiger partial charge in [0.05, 0.1) is 10.9 Å². The minimum absolute atomic E-state index is 0.0451. The first-order chi connectivity index (χ1) is 14.5.